The zero-order valence-electron chi connectivity index (χ0n) is 18.6. The summed E-state index contributed by atoms with van der Waals surface area (Å²) in [5.74, 6) is 2.01. The van der Waals surface area contributed by atoms with Crippen molar-refractivity contribution < 1.29 is 18.6 Å². The van der Waals surface area contributed by atoms with Gasteiger partial charge in [0, 0.05) is 32.6 Å². The van der Waals surface area contributed by atoms with Gasteiger partial charge in [-0.15, -0.1) is 0 Å². The zero-order valence-corrected chi connectivity index (χ0v) is 21.7. The molecular formula is C25H29Br2FN2O3. The molecule has 0 N–H and O–H groups in total. The highest BCUT2D eigenvalue weighted by molar-refractivity contribution is 9.11. The van der Waals surface area contributed by atoms with Gasteiger partial charge in [0.2, 0.25) is 5.88 Å². The van der Waals surface area contributed by atoms with E-state index in [4.69, 9.17) is 14.2 Å². The average molecular weight is 584 g/mol. The van der Waals surface area contributed by atoms with Crippen LogP contribution in [0.4, 0.5) is 4.39 Å². The molecule has 0 bridgehead atoms. The molecule has 0 spiro atoms. The van der Waals surface area contributed by atoms with Crippen molar-refractivity contribution in [2.45, 2.75) is 32.1 Å². The van der Waals surface area contributed by atoms with Gasteiger partial charge in [-0.1, -0.05) is 23.8 Å². The average Bonchev–Trinajstić information content (AvgIpc) is 2.82. The Morgan fingerprint density at radius 3 is 2.45 bits per heavy atom. The maximum absolute atomic E-state index is 13.4. The normalized spacial score (nSPS) is 18.8. The summed E-state index contributed by atoms with van der Waals surface area (Å²) in [6.45, 7) is 5.45. The Bertz CT molecular complexity index is 930. The molecule has 3 aliphatic rings. The van der Waals surface area contributed by atoms with Gasteiger partial charge in [0.25, 0.3) is 0 Å². The lowest BCUT2D eigenvalue weighted by atomic mass is 10.0. The fourth-order valence-corrected chi connectivity index (χ4v) is 5.39. The van der Waals surface area contributed by atoms with Crippen LogP contribution in [-0.4, -0.2) is 49.1 Å². The molecule has 2 heterocycles. The third-order valence-electron chi connectivity index (χ3n) is 5.89. The Morgan fingerprint density at radius 1 is 1.00 bits per heavy atom. The van der Waals surface area contributed by atoms with Crippen LogP contribution in [0.25, 0.3) is 0 Å². The maximum atomic E-state index is 13.4. The van der Waals surface area contributed by atoms with Gasteiger partial charge in [-0.05, 0) is 76.2 Å². The smallest absolute Gasteiger partial charge is 0.231 e. The number of unbranched alkanes of at least 4 members (excludes halogenated alkanes) is 1. The molecule has 1 aromatic rings. The monoisotopic (exact) mass is 582 g/mol. The van der Waals surface area contributed by atoms with Gasteiger partial charge < -0.3 is 19.1 Å². The number of hydrogen-bond acceptors (Lipinski definition) is 5. The van der Waals surface area contributed by atoms with Gasteiger partial charge in [-0.3, -0.25) is 4.90 Å². The van der Waals surface area contributed by atoms with Crippen molar-refractivity contribution in [1.29, 1.82) is 0 Å². The van der Waals surface area contributed by atoms with Crippen molar-refractivity contribution in [3.05, 3.63) is 74.9 Å². The van der Waals surface area contributed by atoms with E-state index in [9.17, 15) is 4.39 Å². The molecule has 0 unspecified atom stereocenters. The van der Waals surface area contributed by atoms with Crippen LogP contribution in [0.1, 0.15) is 32.1 Å². The summed E-state index contributed by atoms with van der Waals surface area (Å²) in [5, 5.41) is 0. The topological polar surface area (TPSA) is 34.2 Å². The molecule has 0 radical (unpaired) electrons. The summed E-state index contributed by atoms with van der Waals surface area (Å²) in [6.07, 6.45) is 14.9. The summed E-state index contributed by atoms with van der Waals surface area (Å²) in [4.78, 5) is 4.70. The summed E-state index contributed by atoms with van der Waals surface area (Å²) in [7, 11) is 0. The van der Waals surface area contributed by atoms with Crippen LogP contribution < -0.4 is 4.74 Å². The van der Waals surface area contributed by atoms with Gasteiger partial charge in [-0.2, -0.15) is 0 Å². The highest BCUT2D eigenvalue weighted by Crippen LogP contribution is 2.34. The van der Waals surface area contributed by atoms with E-state index < -0.39 is 0 Å². The highest BCUT2D eigenvalue weighted by atomic mass is 79.9. The molecule has 4 rings (SSSR count). The minimum absolute atomic E-state index is 0.299. The number of ether oxygens (including phenoxy) is 3. The first-order chi connectivity index (χ1) is 16.1. The predicted octanol–water partition coefficient (Wildman–Crippen LogP) is 6.48. The molecule has 0 aromatic heterocycles. The summed E-state index contributed by atoms with van der Waals surface area (Å²) >= 11 is 6.71. The third-order valence-corrected chi connectivity index (χ3v) is 7.06. The Balaban J connectivity index is 1.11. The van der Waals surface area contributed by atoms with Crippen LogP contribution >= 0.6 is 31.9 Å². The number of piperazine rings is 1. The van der Waals surface area contributed by atoms with Crippen molar-refractivity contribution in [2.24, 2.45) is 0 Å². The van der Waals surface area contributed by atoms with Crippen LogP contribution in [0.2, 0.25) is 0 Å². The van der Waals surface area contributed by atoms with Crippen molar-refractivity contribution in [3.8, 4) is 5.75 Å². The summed E-state index contributed by atoms with van der Waals surface area (Å²) in [5.41, 5.74) is 1.38. The van der Waals surface area contributed by atoms with Crippen LogP contribution in [0.15, 0.2) is 69.0 Å². The van der Waals surface area contributed by atoms with E-state index >= 15 is 0 Å². The minimum atomic E-state index is -0.299. The van der Waals surface area contributed by atoms with Crippen LogP contribution in [0.3, 0.4) is 0 Å². The summed E-state index contributed by atoms with van der Waals surface area (Å²) < 4.78 is 32.1. The van der Waals surface area contributed by atoms with E-state index in [1.165, 1.54) is 17.7 Å². The van der Waals surface area contributed by atoms with Gasteiger partial charge in [0.05, 0.1) is 15.6 Å². The van der Waals surface area contributed by atoms with Crippen LogP contribution in [-0.2, 0) is 9.47 Å². The van der Waals surface area contributed by atoms with Crippen molar-refractivity contribution in [3.63, 3.8) is 0 Å². The Morgan fingerprint density at radius 2 is 1.79 bits per heavy atom. The Kier molecular flexibility index (Phi) is 8.92. The second-order valence-corrected chi connectivity index (χ2v) is 10.0. The lowest BCUT2D eigenvalue weighted by Crippen LogP contribution is -2.46. The molecule has 2 aliphatic heterocycles. The second kappa shape index (κ2) is 12.1. The second-order valence-electron chi connectivity index (χ2n) is 8.33. The highest BCUT2D eigenvalue weighted by Gasteiger charge is 2.22. The van der Waals surface area contributed by atoms with E-state index in [1.807, 2.05) is 0 Å². The maximum Gasteiger partial charge on any atom is 0.231 e. The lowest BCUT2D eigenvalue weighted by molar-refractivity contribution is 0.0817. The number of rotatable bonds is 9. The number of halogens is 3. The molecule has 0 amide bonds. The van der Waals surface area contributed by atoms with E-state index in [-0.39, 0.29) is 5.82 Å². The Labute approximate surface area is 211 Å². The number of allylic oxidation sites excluding steroid dienone is 4. The van der Waals surface area contributed by atoms with Gasteiger partial charge in [0.1, 0.15) is 23.6 Å². The fraction of sp³-hybridized carbons (Fsp3) is 0.440. The molecular weight excluding hydrogens is 555 g/mol. The van der Waals surface area contributed by atoms with Gasteiger partial charge in [-0.25, -0.2) is 4.39 Å². The zero-order chi connectivity index (χ0) is 23.0. The standard InChI is InChI=1S/C25H29Br2FN2O3/c26-22-15-20(28)16-23(27)25(22)31-13-5-4-8-29-9-11-30(12-10-29)24-18-32-21(17-33-24)14-19-6-2-1-3-7-19/h1-2,6,15-18H,3-5,7-14H2. The third kappa shape index (κ3) is 7.11. The fourth-order valence-electron chi connectivity index (χ4n) is 4.03. The first-order valence-corrected chi connectivity index (χ1v) is 13.0. The van der Waals surface area contributed by atoms with Crippen molar-refractivity contribution in [2.75, 3.05) is 39.3 Å². The van der Waals surface area contributed by atoms with Crippen molar-refractivity contribution in [1.82, 2.24) is 9.80 Å². The van der Waals surface area contributed by atoms with Crippen LogP contribution in [0, 0.1) is 5.82 Å². The molecule has 0 atom stereocenters. The number of hydrogen-bond donors (Lipinski definition) is 0. The van der Waals surface area contributed by atoms with Gasteiger partial charge >= 0.3 is 0 Å². The molecule has 33 heavy (non-hydrogen) atoms. The van der Waals surface area contributed by atoms with Gasteiger partial charge in [0.15, 0.2) is 6.26 Å². The van der Waals surface area contributed by atoms with E-state index in [0.717, 1.165) is 76.5 Å². The first kappa shape index (κ1) is 24.4. The van der Waals surface area contributed by atoms with Crippen molar-refractivity contribution >= 4 is 31.9 Å². The van der Waals surface area contributed by atoms with E-state index in [1.54, 1.807) is 12.5 Å². The molecule has 1 fully saturated rings. The van der Waals surface area contributed by atoms with E-state index in [0.29, 0.717) is 21.3 Å². The van der Waals surface area contributed by atoms with Crippen LogP contribution in [0.5, 0.6) is 5.75 Å². The van der Waals surface area contributed by atoms with E-state index in [2.05, 4.69) is 59.9 Å². The molecule has 1 aromatic carbocycles. The number of nitrogens with zero attached hydrogens (tertiary/aromatic N) is 2. The predicted molar refractivity (Wildman–Crippen MR) is 134 cm³/mol. The minimum Gasteiger partial charge on any atom is -0.491 e. The Hall–Kier alpha value is -1.77. The molecule has 8 heteroatoms. The SMILES string of the molecule is Fc1cc(Br)c(OCCCCN2CCN(C3=COC(CC4=CC=CCC4)=CO3)CC2)c(Br)c1. The molecule has 1 aliphatic carbocycles. The first-order valence-electron chi connectivity index (χ1n) is 11.4. The summed E-state index contributed by atoms with van der Waals surface area (Å²) in [6, 6.07) is 2.83. The molecule has 5 nitrogen and oxygen atoms in total. The lowest BCUT2D eigenvalue weighted by Gasteiger charge is -2.36. The largest absolute Gasteiger partial charge is 0.491 e. The molecule has 0 saturated carbocycles. The number of benzene rings is 1. The quantitative estimate of drug-likeness (QED) is 0.311. The molecule has 1 saturated heterocycles. The molecule has 178 valence electrons.